The number of hydrogen-bond acceptors (Lipinski definition) is 3. The molecule has 5 heteroatoms. The summed E-state index contributed by atoms with van der Waals surface area (Å²) in [7, 11) is 0. The third-order valence-electron chi connectivity index (χ3n) is 4.52. The predicted molar refractivity (Wildman–Crippen MR) is 73.4 cm³/mol. The van der Waals surface area contributed by atoms with Crippen LogP contribution in [0.15, 0.2) is 0 Å². The molecule has 0 atom stereocenters. The number of nitrogens with one attached hydrogen (secondary N) is 1. The van der Waals surface area contributed by atoms with Crippen molar-refractivity contribution in [1.29, 1.82) is 0 Å². The fraction of sp³-hybridized carbons (Fsp3) is 0.857. The van der Waals surface area contributed by atoms with Crippen LogP contribution in [-0.4, -0.2) is 42.9 Å². The summed E-state index contributed by atoms with van der Waals surface area (Å²) in [6.07, 6.45) is 6.69. The summed E-state index contributed by atoms with van der Waals surface area (Å²) in [4.78, 5) is 25.9. The van der Waals surface area contributed by atoms with Gasteiger partial charge in [0.15, 0.2) is 0 Å². The topological polar surface area (TPSA) is 75.4 Å². The molecule has 0 aromatic carbocycles. The number of carbonyl (C=O) groups is 2. The van der Waals surface area contributed by atoms with Crippen molar-refractivity contribution < 1.29 is 9.59 Å². The molecule has 2 aliphatic rings. The Morgan fingerprint density at radius 3 is 2.32 bits per heavy atom. The molecule has 0 spiro atoms. The highest BCUT2D eigenvalue weighted by Crippen LogP contribution is 2.39. The van der Waals surface area contributed by atoms with Crippen molar-refractivity contribution in [3.63, 3.8) is 0 Å². The van der Waals surface area contributed by atoms with E-state index in [2.05, 4.69) is 5.32 Å². The predicted octanol–water partition coefficient (Wildman–Crippen LogP) is 0.634. The summed E-state index contributed by atoms with van der Waals surface area (Å²) >= 11 is 0. The number of likely N-dealkylation sites (tertiary alicyclic amines) is 1. The van der Waals surface area contributed by atoms with Gasteiger partial charge in [0.1, 0.15) is 0 Å². The molecular weight excluding hydrogens is 242 g/mol. The summed E-state index contributed by atoms with van der Waals surface area (Å²) < 4.78 is 0. The highest BCUT2D eigenvalue weighted by atomic mass is 16.2. The van der Waals surface area contributed by atoms with E-state index in [-0.39, 0.29) is 17.2 Å². The Kier molecular flexibility index (Phi) is 4.80. The van der Waals surface area contributed by atoms with Crippen molar-refractivity contribution in [2.45, 2.75) is 44.9 Å². The van der Waals surface area contributed by atoms with E-state index in [0.29, 0.717) is 19.5 Å². The maximum absolute atomic E-state index is 12.0. The van der Waals surface area contributed by atoms with Crippen molar-refractivity contribution in [1.82, 2.24) is 10.2 Å². The van der Waals surface area contributed by atoms with Gasteiger partial charge in [0.2, 0.25) is 11.8 Å². The first-order chi connectivity index (χ1) is 9.18. The molecule has 1 saturated heterocycles. The summed E-state index contributed by atoms with van der Waals surface area (Å²) in [6, 6.07) is 0. The van der Waals surface area contributed by atoms with Crippen molar-refractivity contribution in [2.24, 2.45) is 11.1 Å². The van der Waals surface area contributed by atoms with Gasteiger partial charge >= 0.3 is 0 Å². The van der Waals surface area contributed by atoms with Crippen LogP contribution in [0, 0.1) is 5.41 Å². The number of carbonyl (C=O) groups excluding carboxylic acids is 2. The first-order valence-electron chi connectivity index (χ1n) is 7.44. The SMILES string of the molecule is NCC1(C(=O)NCCC(=O)N2CCCCC2)CCC1. The third-order valence-corrected chi connectivity index (χ3v) is 4.52. The molecule has 1 aliphatic carbocycles. The highest BCUT2D eigenvalue weighted by molar-refractivity contribution is 5.84. The van der Waals surface area contributed by atoms with Crippen molar-refractivity contribution in [2.75, 3.05) is 26.2 Å². The number of piperidine rings is 1. The Morgan fingerprint density at radius 2 is 1.79 bits per heavy atom. The van der Waals surface area contributed by atoms with Crippen LogP contribution >= 0.6 is 0 Å². The lowest BCUT2D eigenvalue weighted by molar-refractivity contribution is -0.135. The highest BCUT2D eigenvalue weighted by Gasteiger charge is 2.42. The molecule has 2 rings (SSSR count). The zero-order valence-corrected chi connectivity index (χ0v) is 11.6. The van der Waals surface area contributed by atoms with Gasteiger partial charge in [0, 0.05) is 32.6 Å². The molecule has 3 N–H and O–H groups in total. The Bertz CT molecular complexity index is 328. The Hall–Kier alpha value is -1.10. The second-order valence-electron chi connectivity index (χ2n) is 5.79. The molecule has 0 aromatic heterocycles. The van der Waals surface area contributed by atoms with E-state index in [1.165, 1.54) is 6.42 Å². The maximum atomic E-state index is 12.0. The Balaban J connectivity index is 1.68. The first kappa shape index (κ1) is 14.3. The zero-order valence-electron chi connectivity index (χ0n) is 11.6. The summed E-state index contributed by atoms with van der Waals surface area (Å²) in [5.74, 6) is 0.197. The summed E-state index contributed by atoms with van der Waals surface area (Å²) in [5.41, 5.74) is 5.34. The number of nitrogens with zero attached hydrogens (tertiary/aromatic N) is 1. The average Bonchev–Trinajstić information content (AvgIpc) is 2.39. The van der Waals surface area contributed by atoms with Crippen LogP contribution in [0.3, 0.4) is 0 Å². The molecular formula is C14H25N3O2. The van der Waals surface area contributed by atoms with E-state index in [1.807, 2.05) is 4.90 Å². The van der Waals surface area contributed by atoms with E-state index >= 15 is 0 Å². The van der Waals surface area contributed by atoms with Crippen LogP contribution in [0.25, 0.3) is 0 Å². The van der Waals surface area contributed by atoms with Crippen molar-refractivity contribution in [3.8, 4) is 0 Å². The molecule has 2 fully saturated rings. The second-order valence-corrected chi connectivity index (χ2v) is 5.79. The number of rotatable bonds is 5. The minimum Gasteiger partial charge on any atom is -0.355 e. The lowest BCUT2D eigenvalue weighted by Gasteiger charge is -2.39. The first-order valence-corrected chi connectivity index (χ1v) is 7.44. The molecule has 108 valence electrons. The van der Waals surface area contributed by atoms with Gasteiger partial charge in [-0.2, -0.15) is 0 Å². The van der Waals surface area contributed by atoms with Crippen LogP contribution in [0.1, 0.15) is 44.9 Å². The molecule has 0 radical (unpaired) electrons. The van der Waals surface area contributed by atoms with Crippen LogP contribution in [0.5, 0.6) is 0 Å². The van der Waals surface area contributed by atoms with E-state index in [0.717, 1.165) is 45.2 Å². The van der Waals surface area contributed by atoms with Gasteiger partial charge in [-0.05, 0) is 32.1 Å². The largest absolute Gasteiger partial charge is 0.355 e. The summed E-state index contributed by atoms with van der Waals surface area (Å²) in [5, 5.41) is 2.88. The molecule has 5 nitrogen and oxygen atoms in total. The standard InChI is InChI=1S/C14H25N3O2/c15-11-14(6-4-7-14)13(19)16-8-5-12(18)17-9-2-1-3-10-17/h1-11,15H2,(H,16,19). The average molecular weight is 267 g/mol. The van der Waals surface area contributed by atoms with Crippen LogP contribution in [-0.2, 0) is 9.59 Å². The molecule has 2 amide bonds. The summed E-state index contributed by atoms with van der Waals surface area (Å²) in [6.45, 7) is 2.61. The minimum atomic E-state index is -0.339. The second kappa shape index (κ2) is 6.37. The van der Waals surface area contributed by atoms with Crippen molar-refractivity contribution in [3.05, 3.63) is 0 Å². The number of hydrogen-bond donors (Lipinski definition) is 2. The van der Waals surface area contributed by atoms with Gasteiger partial charge in [-0.1, -0.05) is 6.42 Å². The zero-order chi connectivity index (χ0) is 13.7. The number of nitrogens with two attached hydrogens (primary N) is 1. The minimum absolute atomic E-state index is 0.0349. The normalized spacial score (nSPS) is 21.6. The van der Waals surface area contributed by atoms with Crippen LogP contribution in [0.4, 0.5) is 0 Å². The molecule has 0 aromatic rings. The molecule has 19 heavy (non-hydrogen) atoms. The molecule has 0 unspecified atom stereocenters. The van der Waals surface area contributed by atoms with Gasteiger partial charge in [0.05, 0.1) is 5.41 Å². The molecule has 1 heterocycles. The van der Waals surface area contributed by atoms with E-state index in [4.69, 9.17) is 5.73 Å². The smallest absolute Gasteiger partial charge is 0.227 e. The van der Waals surface area contributed by atoms with E-state index < -0.39 is 0 Å². The molecule has 1 aliphatic heterocycles. The quantitative estimate of drug-likeness (QED) is 0.767. The monoisotopic (exact) mass is 267 g/mol. The number of amides is 2. The van der Waals surface area contributed by atoms with Crippen molar-refractivity contribution >= 4 is 11.8 Å². The fourth-order valence-corrected chi connectivity index (χ4v) is 2.90. The van der Waals surface area contributed by atoms with Gasteiger partial charge in [-0.3, -0.25) is 9.59 Å². The van der Waals surface area contributed by atoms with E-state index in [9.17, 15) is 9.59 Å². The maximum Gasteiger partial charge on any atom is 0.227 e. The lowest BCUT2D eigenvalue weighted by atomic mass is 9.68. The molecule has 1 saturated carbocycles. The Morgan fingerprint density at radius 1 is 1.11 bits per heavy atom. The fourth-order valence-electron chi connectivity index (χ4n) is 2.90. The van der Waals surface area contributed by atoms with Gasteiger partial charge in [-0.15, -0.1) is 0 Å². The van der Waals surface area contributed by atoms with Gasteiger partial charge < -0.3 is 16.0 Å². The van der Waals surface area contributed by atoms with Gasteiger partial charge in [0.25, 0.3) is 0 Å². The third kappa shape index (κ3) is 3.26. The van der Waals surface area contributed by atoms with E-state index in [1.54, 1.807) is 0 Å². The molecule has 0 bridgehead atoms. The van der Waals surface area contributed by atoms with Gasteiger partial charge in [-0.25, -0.2) is 0 Å². The van der Waals surface area contributed by atoms with Crippen LogP contribution in [0.2, 0.25) is 0 Å². The van der Waals surface area contributed by atoms with Crippen LogP contribution < -0.4 is 11.1 Å². The Labute approximate surface area is 114 Å². The lowest BCUT2D eigenvalue weighted by Crippen LogP contribution is -2.51.